The van der Waals surface area contributed by atoms with Crippen molar-refractivity contribution in [1.82, 2.24) is 25.6 Å². The van der Waals surface area contributed by atoms with Gasteiger partial charge in [-0.05, 0) is 30.9 Å². The molecule has 1 aromatic heterocycles. The quantitative estimate of drug-likeness (QED) is 0.192. The number of aromatic nitrogens is 3. The first kappa shape index (κ1) is 34.6. The van der Waals surface area contributed by atoms with Crippen LogP contribution in [0.2, 0.25) is 0 Å². The number of hydrogen-bond donors (Lipinski definition) is 2. The van der Waals surface area contributed by atoms with Crippen molar-refractivity contribution in [3.63, 3.8) is 0 Å². The molecule has 0 fully saturated rings. The Morgan fingerprint density at radius 1 is 0.848 bits per heavy atom. The summed E-state index contributed by atoms with van der Waals surface area (Å²) >= 11 is 0. The summed E-state index contributed by atoms with van der Waals surface area (Å²) in [4.78, 5) is 40.1. The van der Waals surface area contributed by atoms with Crippen LogP contribution < -0.4 is 15.5 Å². The summed E-state index contributed by atoms with van der Waals surface area (Å²) in [6.45, 7) is 5.80. The van der Waals surface area contributed by atoms with Crippen LogP contribution in [0, 0.1) is 0 Å². The lowest BCUT2D eigenvalue weighted by atomic mass is 9.95. The third-order valence-electron chi connectivity index (χ3n) is 7.66. The summed E-state index contributed by atoms with van der Waals surface area (Å²) < 4.78 is 17.7. The van der Waals surface area contributed by atoms with Crippen LogP contribution in [0.15, 0.2) is 48.5 Å². The topological polar surface area (TPSA) is 137 Å². The first-order valence-corrected chi connectivity index (χ1v) is 16.2. The molecule has 0 aliphatic carbocycles. The number of benzene rings is 2. The molecule has 4 rings (SSSR count). The van der Waals surface area contributed by atoms with Crippen molar-refractivity contribution < 1.29 is 28.6 Å². The Hall–Kier alpha value is -4.29. The van der Waals surface area contributed by atoms with E-state index in [-0.39, 0.29) is 31.3 Å². The molecule has 0 bridgehead atoms. The van der Waals surface area contributed by atoms with Gasteiger partial charge in [0.15, 0.2) is 0 Å². The van der Waals surface area contributed by atoms with E-state index in [2.05, 4.69) is 27.9 Å². The molecule has 1 aliphatic heterocycles. The maximum absolute atomic E-state index is 13.7. The number of para-hydroxylation sites is 1. The lowest BCUT2D eigenvalue weighted by Crippen LogP contribution is -2.33. The number of carbonyl (C=O) groups excluding carboxylic acids is 3. The number of hydrogen-bond acceptors (Lipinski definition) is 8. The molecule has 2 heterocycles. The summed E-state index contributed by atoms with van der Waals surface area (Å²) in [6.07, 6.45) is 4.28. The fourth-order valence-corrected chi connectivity index (χ4v) is 5.29. The monoisotopic (exact) mass is 634 g/mol. The first-order chi connectivity index (χ1) is 22.5. The van der Waals surface area contributed by atoms with Gasteiger partial charge in [0.1, 0.15) is 12.3 Å². The predicted octanol–water partition coefficient (Wildman–Crippen LogP) is 4.71. The average molecular weight is 635 g/mol. The Bertz CT molecular complexity index is 1430. The number of unbranched alkanes of at least 4 members (excludes halogenated alkanes) is 2. The molecule has 0 atom stereocenters. The fraction of sp³-hybridized carbons (Fsp3) is 0.500. The molecule has 12 heteroatoms. The highest BCUT2D eigenvalue weighted by molar-refractivity contribution is 6.01. The van der Waals surface area contributed by atoms with Gasteiger partial charge in [0, 0.05) is 64.0 Å². The van der Waals surface area contributed by atoms with E-state index in [1.54, 1.807) is 16.7 Å². The van der Waals surface area contributed by atoms with Gasteiger partial charge in [-0.1, -0.05) is 67.4 Å². The Labute approximate surface area is 270 Å². The van der Waals surface area contributed by atoms with Gasteiger partial charge in [0.25, 0.3) is 0 Å². The zero-order chi connectivity index (χ0) is 32.6. The number of carbonyl (C=O) groups is 3. The van der Waals surface area contributed by atoms with Crippen LogP contribution in [0.4, 0.5) is 10.5 Å². The number of ether oxygens (including phenoxy) is 3. The van der Waals surface area contributed by atoms with Gasteiger partial charge < -0.3 is 29.7 Å². The zero-order valence-corrected chi connectivity index (χ0v) is 27.0. The number of alkyl carbamates (subject to hydrolysis) is 1. The number of anilines is 1. The Kier molecular flexibility index (Phi) is 14.0. The van der Waals surface area contributed by atoms with Crippen molar-refractivity contribution in [2.45, 2.75) is 65.0 Å². The zero-order valence-electron chi connectivity index (χ0n) is 27.0. The lowest BCUT2D eigenvalue weighted by Gasteiger charge is -2.28. The molecule has 0 saturated carbocycles. The van der Waals surface area contributed by atoms with Gasteiger partial charge in [-0.2, -0.15) is 0 Å². The minimum absolute atomic E-state index is 0.0627. The van der Waals surface area contributed by atoms with Gasteiger partial charge >= 0.3 is 6.09 Å². The first-order valence-electron chi connectivity index (χ1n) is 16.2. The van der Waals surface area contributed by atoms with E-state index in [0.29, 0.717) is 63.8 Å². The van der Waals surface area contributed by atoms with Gasteiger partial charge in [-0.3, -0.25) is 9.59 Å². The molecule has 1 aliphatic rings. The fourth-order valence-electron chi connectivity index (χ4n) is 5.29. The summed E-state index contributed by atoms with van der Waals surface area (Å²) in [5.41, 5.74) is 4.69. The van der Waals surface area contributed by atoms with E-state index >= 15 is 0 Å². The van der Waals surface area contributed by atoms with Crippen molar-refractivity contribution in [2.75, 3.05) is 51.5 Å². The van der Waals surface area contributed by atoms with Gasteiger partial charge in [0.2, 0.25) is 11.8 Å². The Morgan fingerprint density at radius 3 is 2.43 bits per heavy atom. The molecule has 2 N–H and O–H groups in total. The normalized spacial score (nSPS) is 11.9. The summed E-state index contributed by atoms with van der Waals surface area (Å²) in [7, 11) is 1.66. The maximum atomic E-state index is 13.7. The van der Waals surface area contributed by atoms with Crippen LogP contribution in [-0.2, 0) is 36.9 Å². The van der Waals surface area contributed by atoms with E-state index in [0.717, 1.165) is 48.1 Å². The SMILES string of the molecule is CCCCCNC(=O)OCCn1nnc2c1-c1ccccc1CN(C(=O)CCC(=O)NCCCOCCCOC)c1ccccc1-2. The van der Waals surface area contributed by atoms with E-state index in [9.17, 15) is 14.4 Å². The molecular formula is C34H46N6O6. The molecular weight excluding hydrogens is 588 g/mol. The number of methoxy groups -OCH3 is 1. The van der Waals surface area contributed by atoms with E-state index in [1.165, 1.54) is 0 Å². The molecule has 46 heavy (non-hydrogen) atoms. The van der Waals surface area contributed by atoms with Crippen molar-refractivity contribution in [1.29, 1.82) is 0 Å². The van der Waals surface area contributed by atoms with Crippen molar-refractivity contribution in [2.24, 2.45) is 0 Å². The van der Waals surface area contributed by atoms with Crippen molar-refractivity contribution >= 4 is 23.6 Å². The number of nitrogens with zero attached hydrogens (tertiary/aromatic N) is 4. The predicted molar refractivity (Wildman–Crippen MR) is 175 cm³/mol. The number of nitrogens with one attached hydrogen (secondary N) is 2. The second kappa shape index (κ2) is 18.6. The largest absolute Gasteiger partial charge is 0.448 e. The third kappa shape index (κ3) is 9.85. The Morgan fingerprint density at radius 2 is 1.61 bits per heavy atom. The molecule has 2 aromatic carbocycles. The molecule has 0 radical (unpaired) electrons. The van der Waals surface area contributed by atoms with Crippen molar-refractivity contribution in [3.05, 3.63) is 54.1 Å². The van der Waals surface area contributed by atoms with Crippen LogP contribution in [0.3, 0.4) is 0 Å². The van der Waals surface area contributed by atoms with E-state index in [1.807, 2.05) is 48.5 Å². The van der Waals surface area contributed by atoms with Gasteiger partial charge in [-0.25, -0.2) is 9.48 Å². The third-order valence-corrected chi connectivity index (χ3v) is 7.66. The van der Waals surface area contributed by atoms with Crippen LogP contribution >= 0.6 is 0 Å². The molecule has 248 valence electrons. The van der Waals surface area contributed by atoms with Crippen LogP contribution in [0.1, 0.15) is 57.4 Å². The number of rotatable bonds is 18. The molecule has 0 saturated heterocycles. The molecule has 0 spiro atoms. The standard InChI is InChI=1S/C34H46N6O6/c1-3-4-9-18-36-34(43)46-24-20-40-33-27-13-6-5-12-26(27)25-39(29-15-8-7-14-28(29)32(33)37-38-40)31(42)17-16-30(41)35-19-10-22-45-23-11-21-44-2/h5-8,12-15H,3-4,9-11,16-25H2,1-2H3,(H,35,41)(H,36,43). The van der Waals surface area contributed by atoms with Crippen LogP contribution in [0.5, 0.6) is 0 Å². The number of fused-ring (bicyclic) bond motifs is 5. The molecule has 0 unspecified atom stereocenters. The second-order valence-electron chi connectivity index (χ2n) is 11.1. The number of amides is 3. The summed E-state index contributed by atoms with van der Waals surface area (Å²) in [5, 5.41) is 14.6. The van der Waals surface area contributed by atoms with Crippen LogP contribution in [0.25, 0.3) is 22.5 Å². The highest BCUT2D eigenvalue weighted by Crippen LogP contribution is 2.41. The van der Waals surface area contributed by atoms with Gasteiger partial charge in [0.05, 0.1) is 24.5 Å². The highest BCUT2D eigenvalue weighted by Gasteiger charge is 2.29. The van der Waals surface area contributed by atoms with Crippen molar-refractivity contribution in [3.8, 4) is 22.5 Å². The van der Waals surface area contributed by atoms with Crippen LogP contribution in [-0.4, -0.2) is 79.5 Å². The second-order valence-corrected chi connectivity index (χ2v) is 11.1. The molecule has 3 aromatic rings. The minimum atomic E-state index is -0.449. The maximum Gasteiger partial charge on any atom is 0.407 e. The van der Waals surface area contributed by atoms with E-state index < -0.39 is 6.09 Å². The van der Waals surface area contributed by atoms with E-state index in [4.69, 9.17) is 14.2 Å². The summed E-state index contributed by atoms with van der Waals surface area (Å²) in [6, 6.07) is 15.4. The summed E-state index contributed by atoms with van der Waals surface area (Å²) in [5.74, 6) is -0.330. The Balaban J connectivity index is 1.42. The average Bonchev–Trinajstić information content (AvgIpc) is 3.48. The molecule has 3 amide bonds. The minimum Gasteiger partial charge on any atom is -0.448 e. The lowest BCUT2D eigenvalue weighted by molar-refractivity contribution is -0.125. The molecule has 12 nitrogen and oxygen atoms in total. The van der Waals surface area contributed by atoms with Gasteiger partial charge in [-0.15, -0.1) is 5.10 Å². The smallest absolute Gasteiger partial charge is 0.407 e. The highest BCUT2D eigenvalue weighted by atomic mass is 16.5.